The van der Waals surface area contributed by atoms with E-state index in [2.05, 4.69) is 4.90 Å². The van der Waals surface area contributed by atoms with Gasteiger partial charge in [0.1, 0.15) is 0 Å². The Balaban J connectivity index is 2.02. The summed E-state index contributed by atoms with van der Waals surface area (Å²) < 4.78 is 38.6. The number of anilines is 1. The van der Waals surface area contributed by atoms with Crippen molar-refractivity contribution < 1.29 is 17.9 Å². The van der Waals surface area contributed by atoms with Gasteiger partial charge in [-0.05, 0) is 30.7 Å². The molecule has 0 N–H and O–H groups in total. The van der Waals surface area contributed by atoms with E-state index in [4.69, 9.17) is 9.47 Å². The minimum Gasteiger partial charge on any atom is -0.493 e. The van der Waals surface area contributed by atoms with Crippen LogP contribution in [-0.2, 0) is 16.6 Å². The molecule has 1 heterocycles. The molecule has 6 nitrogen and oxygen atoms in total. The van der Waals surface area contributed by atoms with Crippen LogP contribution >= 0.6 is 0 Å². The van der Waals surface area contributed by atoms with Crippen molar-refractivity contribution in [2.75, 3.05) is 32.7 Å². The van der Waals surface area contributed by atoms with Crippen LogP contribution in [0, 0.1) is 0 Å². The second-order valence-corrected chi connectivity index (χ2v) is 8.34. The molecule has 0 amide bonds. The molecule has 0 aromatic heterocycles. The van der Waals surface area contributed by atoms with Crippen molar-refractivity contribution in [2.24, 2.45) is 0 Å². The SMILES string of the molecule is COc1ccc(S(=O)(=O)N2Cc3ccccc3N(C)C(C)C2)cc1OC. The summed E-state index contributed by atoms with van der Waals surface area (Å²) >= 11 is 0. The molecule has 2 aromatic rings. The number of methoxy groups -OCH3 is 2. The summed E-state index contributed by atoms with van der Waals surface area (Å²) in [6.07, 6.45) is 0. The summed E-state index contributed by atoms with van der Waals surface area (Å²) in [6.45, 7) is 2.77. The van der Waals surface area contributed by atoms with Crippen LogP contribution < -0.4 is 14.4 Å². The lowest BCUT2D eigenvalue weighted by Gasteiger charge is -2.27. The van der Waals surface area contributed by atoms with Crippen molar-refractivity contribution in [1.82, 2.24) is 4.31 Å². The largest absolute Gasteiger partial charge is 0.493 e. The van der Waals surface area contributed by atoms with Gasteiger partial charge in [0, 0.05) is 37.9 Å². The zero-order valence-corrected chi connectivity index (χ0v) is 16.3. The Morgan fingerprint density at radius 2 is 1.73 bits per heavy atom. The van der Waals surface area contributed by atoms with Gasteiger partial charge >= 0.3 is 0 Å². The first-order valence-corrected chi connectivity index (χ1v) is 9.85. The lowest BCUT2D eigenvalue weighted by molar-refractivity contribution is 0.353. The maximum absolute atomic E-state index is 13.3. The summed E-state index contributed by atoms with van der Waals surface area (Å²) in [5.74, 6) is 0.898. The first-order valence-electron chi connectivity index (χ1n) is 8.41. The van der Waals surface area contributed by atoms with E-state index in [0.29, 0.717) is 24.6 Å². The van der Waals surface area contributed by atoms with Crippen LogP contribution in [0.2, 0.25) is 0 Å². The molecule has 140 valence electrons. The number of likely N-dealkylation sites (N-methyl/N-ethyl adjacent to an activating group) is 1. The molecule has 1 unspecified atom stereocenters. The smallest absolute Gasteiger partial charge is 0.243 e. The van der Waals surface area contributed by atoms with Gasteiger partial charge in [0.15, 0.2) is 11.5 Å². The zero-order chi connectivity index (χ0) is 18.9. The second-order valence-electron chi connectivity index (χ2n) is 6.40. The molecule has 0 saturated heterocycles. The number of sulfonamides is 1. The lowest BCUT2D eigenvalue weighted by atomic mass is 10.1. The monoisotopic (exact) mass is 376 g/mol. The van der Waals surface area contributed by atoms with E-state index in [1.807, 2.05) is 38.2 Å². The highest BCUT2D eigenvalue weighted by Crippen LogP contribution is 2.33. The van der Waals surface area contributed by atoms with Gasteiger partial charge in [0.25, 0.3) is 0 Å². The lowest BCUT2D eigenvalue weighted by Crippen LogP contribution is -2.40. The van der Waals surface area contributed by atoms with Gasteiger partial charge in [-0.25, -0.2) is 8.42 Å². The molecule has 2 aromatic carbocycles. The molecule has 26 heavy (non-hydrogen) atoms. The first kappa shape index (κ1) is 18.5. The number of hydrogen-bond acceptors (Lipinski definition) is 5. The maximum Gasteiger partial charge on any atom is 0.243 e. The van der Waals surface area contributed by atoms with Gasteiger partial charge in [-0.2, -0.15) is 4.31 Å². The highest BCUT2D eigenvalue weighted by atomic mass is 32.2. The summed E-state index contributed by atoms with van der Waals surface area (Å²) in [7, 11) is 1.34. The minimum atomic E-state index is -3.67. The Kier molecular flexibility index (Phi) is 5.11. The topological polar surface area (TPSA) is 59.1 Å². The van der Waals surface area contributed by atoms with Crippen LogP contribution in [0.15, 0.2) is 47.4 Å². The Morgan fingerprint density at radius 1 is 1.04 bits per heavy atom. The van der Waals surface area contributed by atoms with Gasteiger partial charge in [-0.3, -0.25) is 0 Å². The van der Waals surface area contributed by atoms with E-state index >= 15 is 0 Å². The fourth-order valence-electron chi connectivity index (χ4n) is 3.21. The molecule has 7 heteroatoms. The van der Waals surface area contributed by atoms with Crippen LogP contribution in [-0.4, -0.2) is 46.6 Å². The molecule has 0 aliphatic carbocycles. The van der Waals surface area contributed by atoms with Gasteiger partial charge in [0.2, 0.25) is 10.0 Å². The molecule has 0 fully saturated rings. The average Bonchev–Trinajstić information content (AvgIpc) is 2.78. The van der Waals surface area contributed by atoms with Crippen molar-refractivity contribution in [3.05, 3.63) is 48.0 Å². The predicted molar refractivity (Wildman–Crippen MR) is 101 cm³/mol. The molecule has 0 saturated carbocycles. The number of nitrogens with zero attached hydrogens (tertiary/aromatic N) is 2. The van der Waals surface area contributed by atoms with Crippen LogP contribution in [0.1, 0.15) is 12.5 Å². The molecule has 0 spiro atoms. The Morgan fingerprint density at radius 3 is 2.42 bits per heavy atom. The molecule has 3 rings (SSSR count). The van der Waals surface area contributed by atoms with Crippen LogP contribution in [0.25, 0.3) is 0 Å². The molecule has 0 bridgehead atoms. The number of hydrogen-bond donors (Lipinski definition) is 0. The maximum atomic E-state index is 13.3. The van der Waals surface area contributed by atoms with Gasteiger partial charge in [-0.1, -0.05) is 18.2 Å². The summed E-state index contributed by atoms with van der Waals surface area (Å²) in [6, 6.07) is 12.6. The van der Waals surface area contributed by atoms with E-state index in [1.165, 1.54) is 24.6 Å². The Labute approximate surface area is 155 Å². The Bertz CT molecular complexity index is 898. The van der Waals surface area contributed by atoms with Crippen molar-refractivity contribution in [3.8, 4) is 11.5 Å². The van der Waals surface area contributed by atoms with Gasteiger partial charge < -0.3 is 14.4 Å². The van der Waals surface area contributed by atoms with E-state index in [0.717, 1.165) is 11.3 Å². The highest BCUT2D eigenvalue weighted by Gasteiger charge is 2.31. The number of para-hydroxylation sites is 1. The summed E-state index contributed by atoms with van der Waals surface area (Å²) in [5, 5.41) is 0. The third kappa shape index (κ3) is 3.24. The quantitative estimate of drug-likeness (QED) is 0.821. The molecule has 1 atom stereocenters. The third-order valence-corrected chi connectivity index (χ3v) is 6.65. The molecule has 1 aliphatic heterocycles. The fourth-order valence-corrected chi connectivity index (χ4v) is 4.72. The molecular weight excluding hydrogens is 352 g/mol. The standard InChI is InChI=1S/C19H24N2O4S/c1-14-12-21(13-15-7-5-6-8-17(15)20(14)2)26(22,23)16-9-10-18(24-3)19(11-16)25-4/h5-11,14H,12-13H2,1-4H3. The first-order chi connectivity index (χ1) is 12.4. The fraction of sp³-hybridized carbons (Fsp3) is 0.368. The third-order valence-electron chi connectivity index (χ3n) is 4.84. The van der Waals surface area contributed by atoms with Gasteiger partial charge in [0.05, 0.1) is 19.1 Å². The van der Waals surface area contributed by atoms with Crippen LogP contribution in [0.4, 0.5) is 5.69 Å². The number of rotatable bonds is 4. The number of benzene rings is 2. The van der Waals surface area contributed by atoms with Crippen molar-refractivity contribution >= 4 is 15.7 Å². The van der Waals surface area contributed by atoms with Crippen molar-refractivity contribution in [1.29, 1.82) is 0 Å². The van der Waals surface area contributed by atoms with Gasteiger partial charge in [-0.15, -0.1) is 0 Å². The second kappa shape index (κ2) is 7.17. The van der Waals surface area contributed by atoms with E-state index < -0.39 is 10.0 Å². The normalized spacial score (nSPS) is 18.2. The predicted octanol–water partition coefficient (Wildman–Crippen LogP) is 2.73. The minimum absolute atomic E-state index is 0.0496. The summed E-state index contributed by atoms with van der Waals surface area (Å²) in [4.78, 5) is 2.32. The zero-order valence-electron chi connectivity index (χ0n) is 15.5. The van der Waals surface area contributed by atoms with E-state index in [-0.39, 0.29) is 10.9 Å². The molecule has 1 aliphatic rings. The van der Waals surface area contributed by atoms with Crippen LogP contribution in [0.5, 0.6) is 11.5 Å². The van der Waals surface area contributed by atoms with Crippen LogP contribution in [0.3, 0.4) is 0 Å². The number of ether oxygens (including phenoxy) is 2. The van der Waals surface area contributed by atoms with Crippen molar-refractivity contribution in [2.45, 2.75) is 24.4 Å². The number of fused-ring (bicyclic) bond motifs is 1. The van der Waals surface area contributed by atoms with E-state index in [1.54, 1.807) is 12.1 Å². The van der Waals surface area contributed by atoms with E-state index in [9.17, 15) is 8.42 Å². The molecular formula is C19H24N2O4S. The Hall–Kier alpha value is -2.25. The average molecular weight is 376 g/mol. The van der Waals surface area contributed by atoms with Crippen molar-refractivity contribution in [3.63, 3.8) is 0 Å². The highest BCUT2D eigenvalue weighted by molar-refractivity contribution is 7.89. The summed E-state index contributed by atoms with van der Waals surface area (Å²) in [5.41, 5.74) is 2.05. The molecule has 0 radical (unpaired) electrons.